The van der Waals surface area contributed by atoms with Crippen molar-refractivity contribution in [1.29, 1.82) is 0 Å². The quantitative estimate of drug-likeness (QED) is 0.662. The van der Waals surface area contributed by atoms with E-state index < -0.39 is 42.2 Å². The Bertz CT molecular complexity index is 409. The van der Waals surface area contributed by atoms with Crippen LogP contribution in [0.1, 0.15) is 26.7 Å². The smallest absolute Gasteiger partial charge is 0.303 e. The van der Waals surface area contributed by atoms with Gasteiger partial charge in [0.1, 0.15) is 0 Å². The van der Waals surface area contributed by atoms with Crippen molar-refractivity contribution < 1.29 is 29.0 Å². The Balaban J connectivity index is 2.27. The van der Waals surface area contributed by atoms with Crippen molar-refractivity contribution in [3.05, 3.63) is 0 Å². The maximum Gasteiger partial charge on any atom is 0.303 e. The molecule has 1 amide bonds. The van der Waals surface area contributed by atoms with Gasteiger partial charge in [-0.05, 0) is 12.8 Å². The first-order chi connectivity index (χ1) is 8.91. The lowest BCUT2D eigenvalue weighted by Gasteiger charge is -2.35. The number of amides is 1. The maximum absolute atomic E-state index is 12.2. The minimum atomic E-state index is -1.15. The average molecular weight is 271 g/mol. The largest absolute Gasteiger partial charge is 0.456 e. The average Bonchev–Trinajstić information content (AvgIpc) is 2.55. The number of rotatable bonds is 2. The molecule has 2 aliphatic heterocycles. The number of hydrogen-bond donors (Lipinski definition) is 1. The fourth-order valence-corrected chi connectivity index (χ4v) is 2.75. The van der Waals surface area contributed by atoms with Gasteiger partial charge in [-0.25, -0.2) is 0 Å². The van der Waals surface area contributed by atoms with Gasteiger partial charge in [0, 0.05) is 20.4 Å². The van der Waals surface area contributed by atoms with Gasteiger partial charge < -0.3 is 19.5 Å². The number of fused-ring (bicyclic) bond motifs is 1. The molecular weight excluding hydrogens is 254 g/mol. The predicted octanol–water partition coefficient (Wildman–Crippen LogP) is -0.785. The van der Waals surface area contributed by atoms with Crippen LogP contribution in [0.25, 0.3) is 0 Å². The van der Waals surface area contributed by atoms with Crippen molar-refractivity contribution in [3.8, 4) is 0 Å². The van der Waals surface area contributed by atoms with E-state index in [9.17, 15) is 19.5 Å². The first-order valence-electron chi connectivity index (χ1n) is 6.25. The fourth-order valence-electron chi connectivity index (χ4n) is 2.75. The molecule has 4 atom stereocenters. The van der Waals surface area contributed by atoms with Crippen LogP contribution in [0.5, 0.6) is 0 Å². The van der Waals surface area contributed by atoms with Crippen molar-refractivity contribution in [2.75, 3.05) is 6.54 Å². The predicted molar refractivity (Wildman–Crippen MR) is 61.8 cm³/mol. The Labute approximate surface area is 110 Å². The lowest BCUT2D eigenvalue weighted by molar-refractivity contribution is -0.167. The number of carbonyl (C=O) groups is 3. The lowest BCUT2D eigenvalue weighted by atomic mass is 9.97. The van der Waals surface area contributed by atoms with Gasteiger partial charge in [-0.3, -0.25) is 14.4 Å². The molecule has 1 N–H and O–H groups in total. The zero-order valence-electron chi connectivity index (χ0n) is 10.9. The summed E-state index contributed by atoms with van der Waals surface area (Å²) in [6, 6.07) is -0.630. The summed E-state index contributed by atoms with van der Waals surface area (Å²) in [5.74, 6) is -1.61. The van der Waals surface area contributed by atoms with Crippen molar-refractivity contribution in [1.82, 2.24) is 4.90 Å². The number of hydrogen-bond acceptors (Lipinski definition) is 6. The van der Waals surface area contributed by atoms with Crippen molar-refractivity contribution >= 4 is 17.8 Å². The summed E-state index contributed by atoms with van der Waals surface area (Å²) >= 11 is 0. The first-order valence-corrected chi connectivity index (χ1v) is 6.25. The second kappa shape index (κ2) is 5.16. The zero-order valence-corrected chi connectivity index (χ0v) is 10.9. The number of ether oxygens (including phenoxy) is 2. The molecule has 0 aliphatic carbocycles. The highest BCUT2D eigenvalue weighted by molar-refractivity contribution is 5.87. The summed E-state index contributed by atoms with van der Waals surface area (Å²) in [5.41, 5.74) is 0. The molecule has 0 spiro atoms. The molecule has 19 heavy (non-hydrogen) atoms. The molecule has 7 nitrogen and oxygen atoms in total. The maximum atomic E-state index is 12.2. The van der Waals surface area contributed by atoms with Gasteiger partial charge in [-0.2, -0.15) is 0 Å². The van der Waals surface area contributed by atoms with Gasteiger partial charge in [0.25, 0.3) is 5.91 Å². The van der Waals surface area contributed by atoms with E-state index in [1.807, 2.05) is 0 Å². The van der Waals surface area contributed by atoms with E-state index in [-0.39, 0.29) is 0 Å². The number of aliphatic hydroxyl groups excluding tert-OH is 1. The van der Waals surface area contributed by atoms with Gasteiger partial charge in [0.05, 0.1) is 12.1 Å². The van der Waals surface area contributed by atoms with E-state index in [4.69, 9.17) is 9.47 Å². The van der Waals surface area contributed by atoms with Crippen LogP contribution in [0.3, 0.4) is 0 Å². The fraction of sp³-hybridized carbons (Fsp3) is 0.750. The number of piperidine rings is 1. The van der Waals surface area contributed by atoms with Crippen LogP contribution in [-0.2, 0) is 23.9 Å². The molecule has 1 unspecified atom stereocenters. The molecular formula is C12H17NO6. The summed E-state index contributed by atoms with van der Waals surface area (Å²) in [6.45, 7) is 2.87. The molecule has 0 aromatic rings. The third-order valence-corrected chi connectivity index (χ3v) is 3.41. The van der Waals surface area contributed by atoms with Gasteiger partial charge >= 0.3 is 11.9 Å². The molecule has 2 fully saturated rings. The molecule has 106 valence electrons. The van der Waals surface area contributed by atoms with Crippen LogP contribution in [0.15, 0.2) is 0 Å². The molecule has 0 bridgehead atoms. The van der Waals surface area contributed by atoms with Crippen molar-refractivity contribution in [2.24, 2.45) is 0 Å². The summed E-state index contributed by atoms with van der Waals surface area (Å²) in [6.07, 6.45) is -1.67. The minimum Gasteiger partial charge on any atom is -0.456 e. The summed E-state index contributed by atoms with van der Waals surface area (Å²) in [7, 11) is 0. The topological polar surface area (TPSA) is 93.1 Å². The van der Waals surface area contributed by atoms with Crippen molar-refractivity contribution in [2.45, 2.75) is 51.0 Å². The second-order valence-corrected chi connectivity index (χ2v) is 4.84. The van der Waals surface area contributed by atoms with E-state index in [0.717, 1.165) is 0 Å². The molecule has 0 saturated carbocycles. The number of carbonyl (C=O) groups excluding carboxylic acids is 3. The SMILES string of the molecule is CC(=O)O[C@@H]1[C@@H](OC(C)=O)C(=O)N2CCCC(O)[C@@H]12. The van der Waals surface area contributed by atoms with Crippen LogP contribution >= 0.6 is 0 Å². The van der Waals surface area contributed by atoms with Crippen LogP contribution in [0.2, 0.25) is 0 Å². The normalized spacial score (nSPS) is 33.8. The van der Waals surface area contributed by atoms with Crippen LogP contribution in [0.4, 0.5) is 0 Å². The van der Waals surface area contributed by atoms with E-state index in [2.05, 4.69) is 0 Å². The molecule has 0 radical (unpaired) electrons. The Morgan fingerprint density at radius 1 is 1.26 bits per heavy atom. The Morgan fingerprint density at radius 2 is 1.89 bits per heavy atom. The van der Waals surface area contributed by atoms with Gasteiger partial charge in [0.15, 0.2) is 6.10 Å². The third-order valence-electron chi connectivity index (χ3n) is 3.41. The Kier molecular flexibility index (Phi) is 3.75. The van der Waals surface area contributed by atoms with Crippen LogP contribution < -0.4 is 0 Å². The molecule has 2 rings (SSSR count). The third kappa shape index (κ3) is 2.56. The summed E-state index contributed by atoms with van der Waals surface area (Å²) in [4.78, 5) is 35.8. The van der Waals surface area contributed by atoms with Crippen LogP contribution in [-0.4, -0.2) is 58.8 Å². The molecule has 2 heterocycles. The number of aliphatic hydroxyl groups is 1. The molecule has 0 aromatic carbocycles. The van der Waals surface area contributed by atoms with Gasteiger partial charge in [-0.1, -0.05) is 0 Å². The zero-order chi connectivity index (χ0) is 14.2. The minimum absolute atomic E-state index is 0.412. The van der Waals surface area contributed by atoms with E-state index in [1.54, 1.807) is 0 Å². The van der Waals surface area contributed by atoms with Gasteiger partial charge in [-0.15, -0.1) is 0 Å². The standard InChI is InChI=1S/C12H17NO6/c1-6(14)18-10-9-8(16)4-3-5-13(9)12(17)11(10)19-7(2)15/h8-11,16H,3-5H2,1-2H3/t8?,9-,10-,11+/m0/s1. The summed E-state index contributed by atoms with van der Waals surface area (Å²) < 4.78 is 10.1. The molecule has 2 saturated heterocycles. The molecule has 7 heteroatoms. The highest BCUT2D eigenvalue weighted by Gasteiger charge is 2.55. The highest BCUT2D eigenvalue weighted by Crippen LogP contribution is 2.32. The number of esters is 2. The molecule has 0 aromatic heterocycles. The van der Waals surface area contributed by atoms with Crippen molar-refractivity contribution in [3.63, 3.8) is 0 Å². The van der Waals surface area contributed by atoms with Gasteiger partial charge in [0.2, 0.25) is 6.10 Å². The Morgan fingerprint density at radius 3 is 2.47 bits per heavy atom. The van der Waals surface area contributed by atoms with Crippen LogP contribution in [0, 0.1) is 0 Å². The lowest BCUT2D eigenvalue weighted by Crippen LogP contribution is -2.50. The Hall–Kier alpha value is -1.63. The monoisotopic (exact) mass is 271 g/mol. The highest BCUT2D eigenvalue weighted by atomic mass is 16.6. The molecule has 2 aliphatic rings. The summed E-state index contributed by atoms with van der Waals surface area (Å²) in [5, 5.41) is 10.0. The first kappa shape index (κ1) is 13.8. The van der Waals surface area contributed by atoms with E-state index >= 15 is 0 Å². The van der Waals surface area contributed by atoms with E-state index in [0.29, 0.717) is 19.4 Å². The second-order valence-electron chi connectivity index (χ2n) is 4.84. The van der Waals surface area contributed by atoms with E-state index in [1.165, 1.54) is 18.7 Å². The number of nitrogens with zero attached hydrogens (tertiary/aromatic N) is 1.